The van der Waals surface area contributed by atoms with E-state index in [2.05, 4.69) is 31.8 Å². The van der Waals surface area contributed by atoms with Crippen molar-refractivity contribution >= 4 is 29.3 Å². The third kappa shape index (κ3) is 3.91. The van der Waals surface area contributed by atoms with E-state index in [0.29, 0.717) is 18.3 Å². The molecule has 1 heterocycles. The Bertz CT molecular complexity index is 935. The van der Waals surface area contributed by atoms with Crippen LogP contribution in [0.25, 0.3) is 0 Å². The van der Waals surface area contributed by atoms with Gasteiger partial charge in [-0.3, -0.25) is 4.79 Å². The van der Waals surface area contributed by atoms with E-state index in [1.54, 1.807) is 11.8 Å². The van der Waals surface area contributed by atoms with Crippen LogP contribution in [0, 0.1) is 17.8 Å². The van der Waals surface area contributed by atoms with Gasteiger partial charge in [-0.15, -0.1) is 10.2 Å². The molecule has 31 heavy (non-hydrogen) atoms. The van der Waals surface area contributed by atoms with Crippen LogP contribution in [0.3, 0.4) is 0 Å². The van der Waals surface area contributed by atoms with Crippen molar-refractivity contribution < 1.29 is 4.79 Å². The molecule has 0 N–H and O–H groups in total. The summed E-state index contributed by atoms with van der Waals surface area (Å²) >= 11 is 7.67. The van der Waals surface area contributed by atoms with Gasteiger partial charge in [0.25, 0.3) is 0 Å². The molecule has 5 aliphatic carbocycles. The summed E-state index contributed by atoms with van der Waals surface area (Å²) in [7, 11) is 0. The van der Waals surface area contributed by atoms with E-state index in [9.17, 15) is 4.79 Å². The Kier molecular flexibility index (Phi) is 5.06. The molecule has 0 saturated heterocycles. The highest BCUT2D eigenvalue weighted by molar-refractivity contribution is 7.99. The number of hydrogen-bond donors (Lipinski definition) is 0. The van der Waals surface area contributed by atoms with Gasteiger partial charge in [-0.25, -0.2) is 0 Å². The molecule has 0 spiro atoms. The van der Waals surface area contributed by atoms with Gasteiger partial charge in [0.1, 0.15) is 6.33 Å². The molecule has 1 aromatic heterocycles. The van der Waals surface area contributed by atoms with Crippen LogP contribution in [0.1, 0.15) is 63.0 Å². The highest BCUT2D eigenvalue weighted by Gasteiger charge is 2.54. The molecule has 5 aliphatic rings. The maximum Gasteiger partial charge on any atom is 0.233 e. The van der Waals surface area contributed by atoms with Gasteiger partial charge in [-0.1, -0.05) is 35.5 Å². The highest BCUT2D eigenvalue weighted by atomic mass is 35.5. The highest BCUT2D eigenvalue weighted by Crippen LogP contribution is 2.58. The van der Waals surface area contributed by atoms with E-state index in [4.69, 9.17) is 11.6 Å². The summed E-state index contributed by atoms with van der Waals surface area (Å²) in [6.45, 7) is 0.679. The largest absolute Gasteiger partial charge is 0.332 e. The maximum atomic E-state index is 13.7. The third-order valence-corrected chi connectivity index (χ3v) is 9.13. The minimum Gasteiger partial charge on any atom is -0.332 e. The smallest absolute Gasteiger partial charge is 0.233 e. The molecule has 0 radical (unpaired) electrons. The van der Waals surface area contributed by atoms with Gasteiger partial charge >= 0.3 is 0 Å². The van der Waals surface area contributed by atoms with Crippen molar-refractivity contribution in [3.05, 3.63) is 41.2 Å². The molecule has 0 aliphatic heterocycles. The fraction of sp³-hybridized carbons (Fsp3) is 0.625. The topological polar surface area (TPSA) is 51.0 Å². The Labute approximate surface area is 192 Å². The number of hydrogen-bond acceptors (Lipinski definition) is 4. The number of carbonyl (C=O) groups excluding carboxylic acids is 1. The lowest BCUT2D eigenvalue weighted by Gasteiger charge is -2.60. The van der Waals surface area contributed by atoms with Gasteiger partial charge in [0.05, 0.1) is 5.75 Å². The minimum absolute atomic E-state index is 0.0379. The number of amides is 1. The number of aromatic nitrogens is 3. The number of benzene rings is 1. The second-order valence-corrected chi connectivity index (χ2v) is 11.7. The van der Waals surface area contributed by atoms with Crippen LogP contribution in [-0.4, -0.2) is 36.9 Å². The molecular formula is C24H29ClN4OS. The summed E-state index contributed by atoms with van der Waals surface area (Å²) in [5.41, 5.74) is 1.20. The van der Waals surface area contributed by atoms with E-state index >= 15 is 0 Å². The fourth-order valence-electron chi connectivity index (χ4n) is 6.83. The first-order valence-electron chi connectivity index (χ1n) is 11.7. The maximum absolute atomic E-state index is 13.7. The molecule has 164 valence electrons. The standard InChI is InChI=1S/C24H29ClN4OS/c25-20-3-1-16(2-4-20)13-29(24-10-17-7-18(11-24)9-19(8-17)12-24)22(30)14-31-23-27-26-15-28(23)21-5-6-21/h1-4,15,17-19,21H,5-14H2. The van der Waals surface area contributed by atoms with E-state index in [1.807, 2.05) is 18.5 Å². The van der Waals surface area contributed by atoms with E-state index in [-0.39, 0.29) is 11.4 Å². The zero-order valence-corrected chi connectivity index (χ0v) is 19.3. The lowest BCUT2D eigenvalue weighted by atomic mass is 9.52. The number of halogens is 1. The van der Waals surface area contributed by atoms with Crippen molar-refractivity contribution in [3.63, 3.8) is 0 Å². The van der Waals surface area contributed by atoms with Crippen molar-refractivity contribution in [1.29, 1.82) is 0 Å². The predicted molar refractivity (Wildman–Crippen MR) is 122 cm³/mol. The van der Waals surface area contributed by atoms with Crippen LogP contribution >= 0.6 is 23.4 Å². The first kappa shape index (κ1) is 20.1. The summed E-state index contributed by atoms with van der Waals surface area (Å²) in [6.07, 6.45) is 11.9. The van der Waals surface area contributed by atoms with Gasteiger partial charge in [0.2, 0.25) is 5.91 Å². The second-order valence-electron chi connectivity index (χ2n) is 10.3. The lowest BCUT2D eigenvalue weighted by molar-refractivity contribution is -0.149. The van der Waals surface area contributed by atoms with Gasteiger partial charge in [0.15, 0.2) is 5.16 Å². The van der Waals surface area contributed by atoms with Gasteiger partial charge < -0.3 is 9.47 Å². The van der Waals surface area contributed by atoms with E-state index < -0.39 is 0 Å². The normalized spacial score (nSPS) is 31.2. The molecule has 7 rings (SSSR count). The lowest BCUT2D eigenvalue weighted by Crippen LogP contribution is -2.61. The van der Waals surface area contributed by atoms with Crippen molar-refractivity contribution in [3.8, 4) is 0 Å². The molecule has 1 aromatic carbocycles. The number of rotatable bonds is 7. The van der Waals surface area contributed by atoms with Crippen LogP contribution in [0.2, 0.25) is 5.02 Å². The summed E-state index contributed by atoms with van der Waals surface area (Å²) in [4.78, 5) is 16.0. The Morgan fingerprint density at radius 2 is 1.74 bits per heavy atom. The molecule has 0 atom stereocenters. The van der Waals surface area contributed by atoms with Crippen LogP contribution in [-0.2, 0) is 11.3 Å². The molecule has 5 nitrogen and oxygen atoms in total. The Balaban J connectivity index is 1.25. The van der Waals surface area contributed by atoms with Gasteiger partial charge in [0, 0.05) is 23.1 Å². The SMILES string of the molecule is O=C(CSc1nncn1C1CC1)N(Cc1ccc(Cl)cc1)C12CC3CC(CC(C3)C1)C2. The van der Waals surface area contributed by atoms with E-state index in [1.165, 1.54) is 56.9 Å². The first-order valence-corrected chi connectivity index (χ1v) is 13.0. The number of nitrogens with zero attached hydrogens (tertiary/aromatic N) is 4. The van der Waals surface area contributed by atoms with Crippen LogP contribution in [0.15, 0.2) is 35.7 Å². The monoisotopic (exact) mass is 456 g/mol. The summed E-state index contributed by atoms with van der Waals surface area (Å²) in [5.74, 6) is 3.08. The number of carbonyl (C=O) groups is 1. The Morgan fingerprint density at radius 1 is 1.10 bits per heavy atom. The molecule has 5 fully saturated rings. The summed E-state index contributed by atoms with van der Waals surface area (Å²) in [5, 5.41) is 10.0. The third-order valence-electron chi connectivity index (χ3n) is 7.94. The molecule has 5 saturated carbocycles. The Morgan fingerprint density at radius 3 is 2.35 bits per heavy atom. The minimum atomic E-state index is 0.0379. The van der Waals surface area contributed by atoms with Crippen LogP contribution in [0.5, 0.6) is 0 Å². The first-order chi connectivity index (χ1) is 15.1. The van der Waals surface area contributed by atoms with Crippen LogP contribution < -0.4 is 0 Å². The predicted octanol–water partition coefficient (Wildman–Crippen LogP) is 5.36. The zero-order valence-electron chi connectivity index (χ0n) is 17.8. The average Bonchev–Trinajstić information content (AvgIpc) is 3.48. The summed E-state index contributed by atoms with van der Waals surface area (Å²) < 4.78 is 2.15. The van der Waals surface area contributed by atoms with Crippen LogP contribution in [0.4, 0.5) is 0 Å². The fourth-order valence-corrected chi connectivity index (χ4v) is 7.82. The van der Waals surface area contributed by atoms with Gasteiger partial charge in [-0.05, 0) is 86.8 Å². The van der Waals surface area contributed by atoms with E-state index in [0.717, 1.165) is 27.9 Å². The molecule has 0 unspecified atom stereocenters. The quantitative estimate of drug-likeness (QED) is 0.526. The zero-order chi connectivity index (χ0) is 21.0. The van der Waals surface area contributed by atoms with Crippen molar-refractivity contribution in [2.24, 2.45) is 17.8 Å². The molecule has 1 amide bonds. The van der Waals surface area contributed by atoms with Crippen molar-refractivity contribution in [2.75, 3.05) is 5.75 Å². The number of thioether (sulfide) groups is 1. The van der Waals surface area contributed by atoms with Gasteiger partial charge in [-0.2, -0.15) is 0 Å². The molecule has 2 aromatic rings. The molecule has 4 bridgehead atoms. The summed E-state index contributed by atoms with van der Waals surface area (Å²) in [6, 6.07) is 8.54. The second kappa shape index (κ2) is 7.80. The van der Waals surface area contributed by atoms with Crippen molar-refractivity contribution in [2.45, 2.75) is 74.6 Å². The molecule has 7 heteroatoms. The van der Waals surface area contributed by atoms with Crippen molar-refractivity contribution in [1.82, 2.24) is 19.7 Å². The molecular weight excluding hydrogens is 428 g/mol. The average molecular weight is 457 g/mol. The Hall–Kier alpha value is -1.53.